The number of esters is 1. The number of aliphatic hydroxyl groups is 5. The van der Waals surface area contributed by atoms with Gasteiger partial charge in [-0.2, -0.15) is 0 Å². The van der Waals surface area contributed by atoms with Crippen molar-refractivity contribution in [1.29, 1.82) is 0 Å². The van der Waals surface area contributed by atoms with Crippen molar-refractivity contribution in [3.63, 3.8) is 0 Å². The van der Waals surface area contributed by atoms with Gasteiger partial charge in [-0.25, -0.2) is 9.59 Å². The number of allylic oxidation sites excluding steroid dienone is 6. The number of carbonyl (C=O) groups is 2. The smallest absolute Gasteiger partial charge is 0.404 e. The summed E-state index contributed by atoms with van der Waals surface area (Å²) < 4.78 is 41.4. The van der Waals surface area contributed by atoms with Crippen molar-refractivity contribution in [2.24, 2.45) is 41.2 Å². The van der Waals surface area contributed by atoms with Crippen molar-refractivity contribution >= 4 is 12.1 Å². The van der Waals surface area contributed by atoms with Crippen LogP contribution in [-0.2, 0) is 38.0 Å². The van der Waals surface area contributed by atoms with Gasteiger partial charge in [-0.3, -0.25) is 0 Å². The lowest BCUT2D eigenvalue weighted by atomic mass is 9.85. The molecule has 348 valence electrons. The van der Waals surface area contributed by atoms with Crippen LogP contribution in [0.25, 0.3) is 0 Å². The van der Waals surface area contributed by atoms with E-state index in [2.05, 4.69) is 0 Å². The number of aliphatic hydroxyl groups excluding tert-OH is 4. The third-order valence-electron chi connectivity index (χ3n) is 12.8. The van der Waals surface area contributed by atoms with Crippen LogP contribution in [0.5, 0.6) is 0 Å². The van der Waals surface area contributed by atoms with E-state index in [0.29, 0.717) is 18.4 Å². The highest BCUT2D eigenvalue weighted by Gasteiger charge is 2.52. The third kappa shape index (κ3) is 13.7. The monoisotopic (exact) mass is 871 g/mol. The first-order valence-electron chi connectivity index (χ1n) is 21.7. The Morgan fingerprint density at radius 1 is 1.10 bits per heavy atom. The van der Waals surface area contributed by atoms with Gasteiger partial charge in [0.1, 0.15) is 12.2 Å². The molecule has 61 heavy (non-hydrogen) atoms. The Hall–Kier alpha value is -3.12. The number of rotatable bonds is 11. The second-order valence-electron chi connectivity index (χ2n) is 17.5. The summed E-state index contributed by atoms with van der Waals surface area (Å²) in [6.45, 7) is 18.2. The summed E-state index contributed by atoms with van der Waals surface area (Å²) in [4.78, 5) is 25.4. The molecular weight excluding hydrogens is 795 g/mol. The normalized spacial score (nSPS) is 42.2. The van der Waals surface area contributed by atoms with Crippen LogP contribution in [0.2, 0.25) is 0 Å². The Morgan fingerprint density at radius 2 is 1.77 bits per heavy atom. The van der Waals surface area contributed by atoms with E-state index in [1.54, 1.807) is 52.0 Å². The average Bonchev–Trinajstić information content (AvgIpc) is 3.19. The van der Waals surface area contributed by atoms with Crippen LogP contribution in [0.1, 0.15) is 94.9 Å². The van der Waals surface area contributed by atoms with E-state index < -0.39 is 97.0 Å². The zero-order valence-corrected chi connectivity index (χ0v) is 38.2. The Bertz CT molecular complexity index is 1570. The summed E-state index contributed by atoms with van der Waals surface area (Å²) in [7, 11) is 2.81. The largest absolute Gasteiger partial charge is 0.490 e. The lowest BCUT2D eigenvalue weighted by Crippen LogP contribution is -2.59. The molecule has 1 amide bonds. The summed E-state index contributed by atoms with van der Waals surface area (Å²) in [5.41, 5.74) is 6.78. The molecule has 18 atom stereocenters. The molecule has 0 bridgehead atoms. The molecule has 3 rings (SSSR count). The average molecular weight is 871 g/mol. The molecule has 0 unspecified atom stereocenters. The van der Waals surface area contributed by atoms with E-state index in [-0.39, 0.29) is 42.3 Å². The fourth-order valence-corrected chi connectivity index (χ4v) is 8.94. The van der Waals surface area contributed by atoms with Crippen molar-refractivity contribution in [3.05, 3.63) is 59.4 Å². The van der Waals surface area contributed by atoms with Crippen LogP contribution in [0.3, 0.4) is 0 Å². The van der Waals surface area contributed by atoms with Gasteiger partial charge >= 0.3 is 12.1 Å². The molecule has 0 aliphatic carbocycles. The molecule has 2 fully saturated rings. The standard InChI is InChI=1S/C46H75NO14/c1-13-16-34-28(7)37(58-38-22-33(48)43(31(10)57-38)60-45(47)53)23-46(54,61-34)30(9)41(51)29(8)42-35(55-11)18-15-17-24(3)19-26(5)39(49)32(14-2)40(50)27(6)20-25(4)21-36(56-12)44(52)59-42/h13,15-18,20-21,26-35,37-43,48-51,54H,14,19,22-23H2,1-12H3,(H2,47,53)/b16-13+,18-15+,24-17+,25-20+,36-21-/t26-,27-,28-,29+,30+,31-,32+,33-,34-,35+,37-,38+,39-,40-,41-,42-,43-,46-/m1/s1/i2+1,13+1,17+1,40+1,46+1. The predicted octanol–water partition coefficient (Wildman–Crippen LogP) is 4.98. The zero-order valence-electron chi connectivity index (χ0n) is 38.2. The number of amides is 1. The molecule has 0 aromatic heterocycles. The van der Waals surface area contributed by atoms with Gasteiger partial charge in [0.15, 0.2) is 18.2 Å². The van der Waals surface area contributed by atoms with Gasteiger partial charge in [0, 0.05) is 49.5 Å². The van der Waals surface area contributed by atoms with Gasteiger partial charge in [0.05, 0.1) is 49.8 Å². The van der Waals surface area contributed by atoms with Crippen molar-refractivity contribution in [2.75, 3.05) is 14.2 Å². The molecule has 0 aromatic carbocycles. The van der Waals surface area contributed by atoms with Gasteiger partial charge in [-0.1, -0.05) is 89.1 Å². The highest BCUT2D eigenvalue weighted by atomic mass is 16.8. The van der Waals surface area contributed by atoms with Gasteiger partial charge in [0.25, 0.3) is 0 Å². The fourth-order valence-electron chi connectivity index (χ4n) is 8.94. The first kappa shape index (κ1) is 52.2. The van der Waals surface area contributed by atoms with Crippen molar-refractivity contribution in [3.8, 4) is 0 Å². The predicted molar refractivity (Wildman–Crippen MR) is 228 cm³/mol. The minimum Gasteiger partial charge on any atom is -0.490 e. The van der Waals surface area contributed by atoms with Gasteiger partial charge in [-0.05, 0) is 52.5 Å². The highest BCUT2D eigenvalue weighted by molar-refractivity contribution is 5.87. The van der Waals surface area contributed by atoms with Crippen molar-refractivity contribution < 1.29 is 68.3 Å². The van der Waals surface area contributed by atoms with Crippen molar-refractivity contribution in [2.45, 2.75) is 168 Å². The SMILES string of the molecule is C/[13CH]=C/[C@H]1O[13C@@](O)([C@@H](C)[C@H](O)[C@H](C)[C@H]2OC(=O)/C(OC)=C/C(C)=C/[C@@H](C)[13C@@H](O)[C@@H](C[13CH3])[C@H](O)[C@H](C)C/C(C)=[13CH]/C=C/[C@@H]2OC)C[C@@H](O[C@H]2C[C@@H](O)[C@H](OC(N)=O)[C@@H](C)O2)[C@@H]1C. The second kappa shape index (κ2) is 23.5. The van der Waals surface area contributed by atoms with Crippen molar-refractivity contribution in [1.82, 2.24) is 0 Å². The maximum Gasteiger partial charge on any atom is 0.404 e. The van der Waals surface area contributed by atoms with E-state index in [1.165, 1.54) is 20.3 Å². The lowest BCUT2D eigenvalue weighted by Gasteiger charge is -2.49. The molecule has 7 N–H and O–H groups in total. The van der Waals surface area contributed by atoms with E-state index in [1.807, 2.05) is 53.7 Å². The molecule has 0 aromatic rings. The van der Waals surface area contributed by atoms with Crippen LogP contribution in [0.15, 0.2) is 59.4 Å². The third-order valence-corrected chi connectivity index (χ3v) is 12.8. The summed E-state index contributed by atoms with van der Waals surface area (Å²) in [5, 5.41) is 58.0. The van der Waals surface area contributed by atoms with E-state index in [4.69, 9.17) is 38.9 Å². The number of ether oxygens (including phenoxy) is 7. The number of hydrogen-bond acceptors (Lipinski definition) is 14. The maximum absolute atomic E-state index is 13.9. The zero-order chi connectivity index (χ0) is 45.9. The molecule has 3 aliphatic rings. The molecule has 0 saturated carbocycles. The van der Waals surface area contributed by atoms with Crippen LogP contribution in [0.4, 0.5) is 4.79 Å². The van der Waals surface area contributed by atoms with Crippen LogP contribution >= 0.6 is 0 Å². The first-order chi connectivity index (χ1) is 28.6. The Morgan fingerprint density at radius 3 is 2.34 bits per heavy atom. The number of methoxy groups -OCH3 is 2. The quantitative estimate of drug-likeness (QED) is 0.0915. The van der Waals surface area contributed by atoms with Gasteiger partial charge < -0.3 is 64.4 Å². The minimum atomic E-state index is -1.97. The lowest BCUT2D eigenvalue weighted by molar-refractivity contribution is -0.338. The molecular formula is C46H75NO14. The number of hydrogen-bond donors (Lipinski definition) is 6. The van der Waals surface area contributed by atoms with Crippen LogP contribution in [0, 0.1) is 35.5 Å². The van der Waals surface area contributed by atoms with Crippen LogP contribution in [-0.4, -0.2) is 125 Å². The maximum atomic E-state index is 13.9. The van der Waals surface area contributed by atoms with Gasteiger partial charge in [0.2, 0.25) is 5.76 Å². The molecule has 2 saturated heterocycles. The van der Waals surface area contributed by atoms with Crippen LogP contribution < -0.4 is 5.73 Å². The Labute approximate surface area is 362 Å². The number of cyclic esters (lactones) is 1. The first-order valence-corrected chi connectivity index (χ1v) is 21.7. The summed E-state index contributed by atoms with van der Waals surface area (Å²) in [6.07, 6.45) is 2.20. The van der Waals surface area contributed by atoms with E-state index >= 15 is 0 Å². The highest BCUT2D eigenvalue weighted by Crippen LogP contribution is 2.42. The molecule has 15 nitrogen and oxygen atoms in total. The fraction of sp³-hybridized carbons (Fsp3) is 0.739. The Balaban J connectivity index is 2.00. The molecule has 15 heteroatoms. The summed E-state index contributed by atoms with van der Waals surface area (Å²) >= 11 is 0. The summed E-state index contributed by atoms with van der Waals surface area (Å²) in [6, 6.07) is 0. The number of primary amides is 1. The molecule has 0 spiro atoms. The molecule has 3 aliphatic heterocycles. The Kier molecular flexibility index (Phi) is 20.1. The van der Waals surface area contributed by atoms with E-state index in [0.717, 1.165) is 5.57 Å². The number of carbonyl (C=O) groups excluding carboxylic acids is 2. The van der Waals surface area contributed by atoms with Gasteiger partial charge in [-0.15, -0.1) is 0 Å². The summed E-state index contributed by atoms with van der Waals surface area (Å²) in [5.74, 6) is -6.00. The molecule has 3 heterocycles. The number of nitrogens with two attached hydrogens (primary N) is 1. The minimum absolute atomic E-state index is 0.0313. The van der Waals surface area contributed by atoms with E-state index in [9.17, 15) is 35.1 Å². The second-order valence-corrected chi connectivity index (χ2v) is 17.5. The topological polar surface area (TPSA) is 226 Å². The molecule has 0 radical (unpaired) electrons.